The van der Waals surface area contributed by atoms with Gasteiger partial charge in [-0.1, -0.05) is 11.8 Å². The van der Waals surface area contributed by atoms with Gasteiger partial charge in [0.2, 0.25) is 0 Å². The minimum atomic E-state index is -4.35. The van der Waals surface area contributed by atoms with E-state index < -0.39 is 12.7 Å². The minimum Gasteiger partial charge on any atom is -0.497 e. The number of methoxy groups -OCH3 is 1. The molecule has 0 unspecified atom stereocenters. The molecule has 6 nitrogen and oxygen atoms in total. The van der Waals surface area contributed by atoms with E-state index in [4.69, 9.17) is 4.74 Å². The fourth-order valence-electron chi connectivity index (χ4n) is 2.96. The van der Waals surface area contributed by atoms with Crippen molar-refractivity contribution >= 4 is 17.5 Å². The highest BCUT2D eigenvalue weighted by Crippen LogP contribution is 2.26. The van der Waals surface area contributed by atoms with Gasteiger partial charge in [0.15, 0.2) is 10.9 Å². The molecule has 154 valence electrons. The highest BCUT2D eigenvalue weighted by atomic mass is 32.2. The number of hydrogen-bond acceptors (Lipinski definition) is 5. The van der Waals surface area contributed by atoms with Crippen LogP contribution < -0.4 is 4.74 Å². The molecule has 0 N–H and O–H groups in total. The molecule has 0 radical (unpaired) electrons. The monoisotopic (exact) mass is 424 g/mol. The van der Waals surface area contributed by atoms with Gasteiger partial charge in [-0.05, 0) is 44.2 Å². The van der Waals surface area contributed by atoms with Gasteiger partial charge >= 0.3 is 6.18 Å². The van der Waals surface area contributed by atoms with E-state index in [1.165, 1.54) is 31.1 Å². The van der Waals surface area contributed by atoms with E-state index >= 15 is 0 Å². The predicted molar refractivity (Wildman–Crippen MR) is 103 cm³/mol. The summed E-state index contributed by atoms with van der Waals surface area (Å²) in [6.45, 7) is 1.97. The highest BCUT2D eigenvalue weighted by molar-refractivity contribution is 7.99. The van der Waals surface area contributed by atoms with Crippen molar-refractivity contribution in [2.24, 2.45) is 0 Å². The Hall–Kier alpha value is -2.75. The quantitative estimate of drug-likeness (QED) is 0.420. The van der Waals surface area contributed by atoms with Gasteiger partial charge < -0.3 is 9.30 Å². The van der Waals surface area contributed by atoms with Gasteiger partial charge in [0.05, 0.1) is 12.9 Å². The molecule has 0 aliphatic heterocycles. The predicted octanol–water partition coefficient (Wildman–Crippen LogP) is 4.23. The Morgan fingerprint density at radius 2 is 1.90 bits per heavy atom. The molecule has 0 atom stereocenters. The van der Waals surface area contributed by atoms with Crippen molar-refractivity contribution < 1.29 is 22.7 Å². The Balaban J connectivity index is 1.74. The van der Waals surface area contributed by atoms with E-state index in [2.05, 4.69) is 10.2 Å². The summed E-state index contributed by atoms with van der Waals surface area (Å²) < 4.78 is 46.3. The normalized spacial score (nSPS) is 11.7. The van der Waals surface area contributed by atoms with Gasteiger partial charge in [-0.2, -0.15) is 13.2 Å². The number of thioether (sulfide) groups is 1. The van der Waals surface area contributed by atoms with Crippen molar-refractivity contribution in [1.29, 1.82) is 0 Å². The average Bonchev–Trinajstić information content (AvgIpc) is 3.25. The van der Waals surface area contributed by atoms with Crippen LogP contribution in [0.15, 0.2) is 41.8 Å². The number of alkyl halides is 3. The molecule has 3 aromatic rings. The lowest BCUT2D eigenvalue weighted by Gasteiger charge is -2.12. The zero-order chi connectivity index (χ0) is 21.2. The van der Waals surface area contributed by atoms with Crippen LogP contribution in [-0.4, -0.2) is 44.2 Å². The Morgan fingerprint density at radius 1 is 1.21 bits per heavy atom. The summed E-state index contributed by atoms with van der Waals surface area (Å²) in [6, 6.07) is 8.75. The second kappa shape index (κ2) is 8.32. The molecular weight excluding hydrogens is 405 g/mol. The molecule has 10 heteroatoms. The molecule has 3 rings (SSSR count). The van der Waals surface area contributed by atoms with Crippen molar-refractivity contribution in [2.45, 2.75) is 31.7 Å². The molecule has 0 fully saturated rings. The Kier molecular flexibility index (Phi) is 6.02. The van der Waals surface area contributed by atoms with Crippen molar-refractivity contribution in [3.05, 3.63) is 53.6 Å². The largest absolute Gasteiger partial charge is 0.497 e. The number of benzene rings is 1. The van der Waals surface area contributed by atoms with Crippen LogP contribution in [0, 0.1) is 13.8 Å². The maximum absolute atomic E-state index is 12.8. The number of halogens is 3. The van der Waals surface area contributed by atoms with E-state index in [0.717, 1.165) is 10.3 Å². The number of aryl methyl sites for hydroxylation is 1. The Morgan fingerprint density at radius 3 is 2.52 bits per heavy atom. The first kappa shape index (κ1) is 21.0. The number of carbonyl (C=O) groups is 1. The summed E-state index contributed by atoms with van der Waals surface area (Å²) in [5, 5.41) is 8.43. The van der Waals surface area contributed by atoms with E-state index in [-0.39, 0.29) is 17.1 Å². The number of carbonyl (C=O) groups excluding carboxylic acids is 1. The lowest BCUT2D eigenvalue weighted by Crippen LogP contribution is -2.19. The van der Waals surface area contributed by atoms with Gasteiger partial charge in [0, 0.05) is 22.6 Å². The van der Waals surface area contributed by atoms with Crippen LogP contribution >= 0.6 is 11.8 Å². The SMILES string of the molecule is COc1ccc(-n2cnnc2SCC(=O)c2cc(C)n(CC(F)(F)F)c2C)cc1. The van der Waals surface area contributed by atoms with E-state index in [1.807, 2.05) is 12.1 Å². The molecule has 2 aromatic heterocycles. The average molecular weight is 424 g/mol. The number of ketones is 1. The van der Waals surface area contributed by atoms with E-state index in [1.54, 1.807) is 30.7 Å². The fourth-order valence-corrected chi connectivity index (χ4v) is 3.77. The smallest absolute Gasteiger partial charge is 0.406 e. The zero-order valence-electron chi connectivity index (χ0n) is 16.0. The van der Waals surface area contributed by atoms with E-state index in [9.17, 15) is 18.0 Å². The van der Waals surface area contributed by atoms with Crippen LogP contribution in [-0.2, 0) is 6.54 Å². The molecule has 2 heterocycles. The maximum Gasteiger partial charge on any atom is 0.406 e. The molecule has 1 aromatic carbocycles. The number of ether oxygens (including phenoxy) is 1. The summed E-state index contributed by atoms with van der Waals surface area (Å²) in [4.78, 5) is 12.6. The molecule has 0 aliphatic carbocycles. The van der Waals surface area contributed by atoms with Crippen LogP contribution in [0.5, 0.6) is 5.75 Å². The first-order valence-corrected chi connectivity index (χ1v) is 9.62. The molecule has 0 bridgehead atoms. The van der Waals surface area contributed by atoms with Crippen LogP contribution in [0.25, 0.3) is 5.69 Å². The second-order valence-corrected chi connectivity index (χ2v) is 7.32. The summed E-state index contributed by atoms with van der Waals surface area (Å²) in [6.07, 6.45) is -2.82. The molecular formula is C19H19F3N4O2S. The lowest BCUT2D eigenvalue weighted by molar-refractivity contribution is -0.141. The summed E-state index contributed by atoms with van der Waals surface area (Å²) >= 11 is 1.18. The molecule has 0 spiro atoms. The first-order valence-electron chi connectivity index (χ1n) is 8.63. The van der Waals surface area contributed by atoms with Crippen molar-refractivity contribution in [3.63, 3.8) is 0 Å². The first-order chi connectivity index (χ1) is 13.7. The lowest BCUT2D eigenvalue weighted by atomic mass is 10.2. The van der Waals surface area contributed by atoms with E-state index in [0.29, 0.717) is 22.3 Å². The van der Waals surface area contributed by atoms with Gasteiger partial charge in [0.25, 0.3) is 0 Å². The van der Waals surface area contributed by atoms with Gasteiger partial charge in [-0.3, -0.25) is 9.36 Å². The number of rotatable bonds is 7. The van der Waals surface area contributed by atoms with Gasteiger partial charge in [0.1, 0.15) is 18.6 Å². The van der Waals surface area contributed by atoms with Crippen LogP contribution in [0.3, 0.4) is 0 Å². The zero-order valence-corrected chi connectivity index (χ0v) is 16.8. The number of Topliss-reactive ketones (excluding diaryl/α,β-unsaturated/α-hetero) is 1. The van der Waals surface area contributed by atoms with Gasteiger partial charge in [-0.25, -0.2) is 0 Å². The van der Waals surface area contributed by atoms with Crippen LogP contribution in [0.2, 0.25) is 0 Å². The Labute approximate surface area is 169 Å². The van der Waals surface area contributed by atoms with Gasteiger partial charge in [-0.15, -0.1) is 10.2 Å². The second-order valence-electron chi connectivity index (χ2n) is 6.38. The van der Waals surface area contributed by atoms with Crippen LogP contribution in [0.1, 0.15) is 21.7 Å². The third-order valence-electron chi connectivity index (χ3n) is 4.41. The van der Waals surface area contributed by atoms with Crippen molar-refractivity contribution in [2.75, 3.05) is 12.9 Å². The molecule has 29 heavy (non-hydrogen) atoms. The number of hydrogen-bond donors (Lipinski definition) is 0. The van der Waals surface area contributed by atoms with Crippen molar-refractivity contribution in [3.8, 4) is 11.4 Å². The highest BCUT2D eigenvalue weighted by Gasteiger charge is 2.30. The minimum absolute atomic E-state index is 0.0329. The third-order valence-corrected chi connectivity index (χ3v) is 5.35. The molecule has 0 saturated carbocycles. The fraction of sp³-hybridized carbons (Fsp3) is 0.316. The maximum atomic E-state index is 12.8. The molecule has 0 saturated heterocycles. The Bertz CT molecular complexity index is 1010. The summed E-state index contributed by atoms with van der Waals surface area (Å²) in [5.74, 6) is 0.478. The number of aromatic nitrogens is 4. The topological polar surface area (TPSA) is 61.9 Å². The molecule has 0 amide bonds. The molecule has 0 aliphatic rings. The number of nitrogens with zero attached hydrogens (tertiary/aromatic N) is 4. The third kappa shape index (κ3) is 4.81. The van der Waals surface area contributed by atoms with Crippen molar-refractivity contribution in [1.82, 2.24) is 19.3 Å². The standard InChI is InChI=1S/C19H19F3N4O2S/c1-12-8-16(13(2)25(12)10-19(20,21)22)17(27)9-29-18-24-23-11-26(18)14-4-6-15(28-3)7-5-14/h4-8,11H,9-10H2,1-3H3. The summed E-state index contributed by atoms with van der Waals surface area (Å²) in [7, 11) is 1.58. The van der Waals surface area contributed by atoms with Crippen LogP contribution in [0.4, 0.5) is 13.2 Å². The summed E-state index contributed by atoms with van der Waals surface area (Å²) in [5.41, 5.74) is 1.79.